The fourth-order valence-corrected chi connectivity index (χ4v) is 4.31. The van der Waals surface area contributed by atoms with Crippen molar-refractivity contribution < 1.29 is 18.2 Å². The Labute approximate surface area is 173 Å². The monoisotopic (exact) mass is 411 g/mol. The van der Waals surface area contributed by atoms with Crippen LogP contribution in [0.1, 0.15) is 69.2 Å². The summed E-state index contributed by atoms with van der Waals surface area (Å²) in [6.45, 7) is 6.20. The molecule has 0 aliphatic heterocycles. The van der Waals surface area contributed by atoms with Gasteiger partial charge in [0.25, 0.3) is 0 Å². The van der Waals surface area contributed by atoms with Gasteiger partial charge in [-0.15, -0.1) is 0 Å². The first-order valence-electron chi connectivity index (χ1n) is 10.6. The van der Waals surface area contributed by atoms with Crippen molar-refractivity contribution in [2.75, 3.05) is 25.4 Å². The Balaban J connectivity index is 1.72. The number of halogens is 1. The minimum Gasteiger partial charge on any atom is -0.490 e. The van der Waals surface area contributed by atoms with Crippen LogP contribution < -0.4 is 4.74 Å². The van der Waals surface area contributed by atoms with Crippen LogP contribution in [-0.2, 0) is 4.74 Å². The van der Waals surface area contributed by atoms with Crippen LogP contribution in [0.4, 0.5) is 3.89 Å². The van der Waals surface area contributed by atoms with Crippen molar-refractivity contribution in [3.63, 3.8) is 0 Å². The quantitative estimate of drug-likeness (QED) is 0.328. The van der Waals surface area contributed by atoms with Gasteiger partial charge in [-0.2, -0.15) is 3.89 Å². The minimum atomic E-state index is -0.307. The highest BCUT2D eigenvalue weighted by molar-refractivity contribution is 7.94. The number of benzene rings is 1. The Bertz CT molecular complexity index is 563. The molecule has 28 heavy (non-hydrogen) atoms. The van der Waals surface area contributed by atoms with E-state index in [0.717, 1.165) is 44.5 Å². The molecule has 0 radical (unpaired) electrons. The smallest absolute Gasteiger partial charge is 0.338 e. The van der Waals surface area contributed by atoms with Crippen LogP contribution in [0.15, 0.2) is 24.3 Å². The summed E-state index contributed by atoms with van der Waals surface area (Å²) >= 11 is 0.394. The number of ether oxygens (including phenoxy) is 2. The average molecular weight is 412 g/mol. The van der Waals surface area contributed by atoms with Crippen molar-refractivity contribution in [2.24, 2.45) is 0 Å². The van der Waals surface area contributed by atoms with E-state index in [1.165, 1.54) is 19.3 Å². The molecule has 1 aromatic carbocycles. The second kappa shape index (κ2) is 13.0. The van der Waals surface area contributed by atoms with E-state index in [2.05, 4.69) is 18.7 Å². The summed E-state index contributed by atoms with van der Waals surface area (Å²) in [7, 11) is 0. The number of rotatable bonds is 12. The van der Waals surface area contributed by atoms with Crippen LogP contribution in [0.3, 0.4) is 0 Å². The summed E-state index contributed by atoms with van der Waals surface area (Å²) in [5.74, 6) is 0.997. The molecule has 1 aliphatic carbocycles. The molecule has 1 saturated carbocycles. The Kier molecular flexibility index (Phi) is 10.7. The zero-order chi connectivity index (χ0) is 20.2. The molecular weight excluding hydrogens is 377 g/mol. The molecule has 0 heterocycles. The van der Waals surface area contributed by atoms with Crippen LogP contribution in [0.5, 0.6) is 5.75 Å². The van der Waals surface area contributed by atoms with E-state index in [9.17, 15) is 8.68 Å². The predicted molar refractivity (Wildman–Crippen MR) is 114 cm³/mol. The maximum atomic E-state index is 12.6. The summed E-state index contributed by atoms with van der Waals surface area (Å²) in [6.07, 6.45) is 7.95. The predicted octanol–water partition coefficient (Wildman–Crippen LogP) is 5.66. The molecule has 0 amide bonds. The molecule has 2 rings (SSSR count). The highest BCUT2D eigenvalue weighted by atomic mass is 32.2. The fraction of sp³-hybridized carbons (Fsp3) is 0.682. The molecule has 4 nitrogen and oxygen atoms in total. The number of nitrogens with zero attached hydrogens (tertiary/aromatic N) is 1. The molecule has 6 heteroatoms. The van der Waals surface area contributed by atoms with E-state index in [4.69, 9.17) is 9.47 Å². The molecule has 1 atom stereocenters. The van der Waals surface area contributed by atoms with Gasteiger partial charge in [-0.1, -0.05) is 20.3 Å². The van der Waals surface area contributed by atoms with E-state index in [1.54, 1.807) is 12.1 Å². The van der Waals surface area contributed by atoms with Crippen molar-refractivity contribution in [2.45, 2.75) is 70.9 Å². The first kappa shape index (κ1) is 23.0. The normalized spacial score (nSPS) is 16.1. The van der Waals surface area contributed by atoms with Gasteiger partial charge in [-0.25, -0.2) is 4.79 Å². The van der Waals surface area contributed by atoms with Gasteiger partial charge in [0.2, 0.25) is 0 Å². The number of esters is 1. The van der Waals surface area contributed by atoms with E-state index in [0.29, 0.717) is 36.2 Å². The van der Waals surface area contributed by atoms with Crippen LogP contribution >= 0.6 is 12.1 Å². The topological polar surface area (TPSA) is 38.8 Å². The molecule has 0 aromatic heterocycles. The molecular formula is C22H34FNO3S. The van der Waals surface area contributed by atoms with Crippen molar-refractivity contribution in [3.05, 3.63) is 29.8 Å². The first-order valence-corrected chi connectivity index (χ1v) is 11.5. The van der Waals surface area contributed by atoms with E-state index in [-0.39, 0.29) is 12.0 Å². The number of hydrogen-bond acceptors (Lipinski definition) is 5. The van der Waals surface area contributed by atoms with E-state index >= 15 is 0 Å². The summed E-state index contributed by atoms with van der Waals surface area (Å²) in [6, 6.07) is 7.47. The van der Waals surface area contributed by atoms with Crippen molar-refractivity contribution in [1.29, 1.82) is 0 Å². The Hall–Kier alpha value is -1.27. The molecule has 1 unspecified atom stereocenters. The van der Waals surface area contributed by atoms with Gasteiger partial charge in [0.15, 0.2) is 0 Å². The Morgan fingerprint density at radius 3 is 2.54 bits per heavy atom. The first-order chi connectivity index (χ1) is 13.7. The third kappa shape index (κ3) is 7.63. The summed E-state index contributed by atoms with van der Waals surface area (Å²) in [4.78, 5) is 14.5. The molecule has 0 spiro atoms. The molecule has 0 N–H and O–H groups in total. The second-order valence-corrected chi connectivity index (χ2v) is 7.91. The maximum absolute atomic E-state index is 12.6. The van der Waals surface area contributed by atoms with Crippen LogP contribution in [0.25, 0.3) is 0 Å². The van der Waals surface area contributed by atoms with E-state index < -0.39 is 0 Å². The molecule has 1 fully saturated rings. The van der Waals surface area contributed by atoms with Gasteiger partial charge < -0.3 is 9.47 Å². The lowest BCUT2D eigenvalue weighted by Crippen LogP contribution is -2.37. The van der Waals surface area contributed by atoms with Gasteiger partial charge >= 0.3 is 5.97 Å². The Morgan fingerprint density at radius 2 is 1.93 bits per heavy atom. The fourth-order valence-electron chi connectivity index (χ4n) is 3.71. The number of carbonyl (C=O) groups is 1. The lowest BCUT2D eigenvalue weighted by Gasteiger charge is -2.28. The zero-order valence-corrected chi connectivity index (χ0v) is 18.0. The van der Waals surface area contributed by atoms with Crippen molar-refractivity contribution in [1.82, 2.24) is 4.90 Å². The summed E-state index contributed by atoms with van der Waals surface area (Å²) in [5.41, 5.74) is 0.545. The van der Waals surface area contributed by atoms with Gasteiger partial charge in [0.05, 0.1) is 18.3 Å². The maximum Gasteiger partial charge on any atom is 0.338 e. The molecule has 1 aromatic rings. The van der Waals surface area contributed by atoms with Gasteiger partial charge in [-0.05, 0) is 69.3 Å². The molecule has 1 aliphatic rings. The summed E-state index contributed by atoms with van der Waals surface area (Å²) < 4.78 is 24.0. The third-order valence-electron chi connectivity index (χ3n) is 5.42. The highest BCUT2D eigenvalue weighted by Gasteiger charge is 2.17. The van der Waals surface area contributed by atoms with E-state index in [1.807, 2.05) is 12.1 Å². The van der Waals surface area contributed by atoms with Gasteiger partial charge in [0, 0.05) is 30.5 Å². The molecule has 158 valence electrons. The van der Waals surface area contributed by atoms with Crippen LogP contribution in [-0.4, -0.2) is 48.5 Å². The zero-order valence-electron chi connectivity index (χ0n) is 17.2. The van der Waals surface area contributed by atoms with Crippen molar-refractivity contribution in [3.8, 4) is 5.75 Å². The van der Waals surface area contributed by atoms with Gasteiger partial charge in [0.1, 0.15) is 5.75 Å². The lowest BCUT2D eigenvalue weighted by molar-refractivity contribution is 0.0483. The standard InChI is InChI=1S/C22H34FNO3S/c1-3-19(17-28-23)24(4-2)15-8-16-26-22(25)18-11-13-21(14-12-18)27-20-9-6-5-7-10-20/h11-14,19-20H,3-10,15-17H2,1-2H3. The minimum absolute atomic E-state index is 0.229. The average Bonchev–Trinajstić information content (AvgIpc) is 2.73. The third-order valence-corrected chi connectivity index (χ3v) is 5.93. The van der Waals surface area contributed by atoms with Crippen molar-refractivity contribution >= 4 is 18.1 Å². The van der Waals surface area contributed by atoms with Crippen LogP contribution in [0.2, 0.25) is 0 Å². The highest BCUT2D eigenvalue weighted by Crippen LogP contribution is 2.23. The summed E-state index contributed by atoms with van der Waals surface area (Å²) in [5, 5.41) is 0. The van der Waals surface area contributed by atoms with Crippen LogP contribution in [0, 0.1) is 0 Å². The SMILES string of the molecule is CCC(CSF)N(CC)CCCOC(=O)c1ccc(OC2CCCCC2)cc1. The largest absolute Gasteiger partial charge is 0.490 e. The molecule has 0 saturated heterocycles. The molecule has 0 bridgehead atoms. The second-order valence-electron chi connectivity index (χ2n) is 7.36. The number of carbonyl (C=O) groups excluding carboxylic acids is 1. The van der Waals surface area contributed by atoms with Gasteiger partial charge in [-0.3, -0.25) is 4.90 Å². The number of hydrogen-bond donors (Lipinski definition) is 0. The lowest BCUT2D eigenvalue weighted by atomic mass is 9.98. The Morgan fingerprint density at radius 1 is 1.21 bits per heavy atom.